The number of aromatic hydroxyl groups is 2. The van der Waals surface area contributed by atoms with E-state index >= 15 is 0 Å². The molecule has 2 aromatic carbocycles. The first kappa shape index (κ1) is 13.0. The van der Waals surface area contributed by atoms with Crippen LogP contribution in [0.2, 0.25) is 0 Å². The molecule has 0 unspecified atom stereocenters. The largest absolute Gasteiger partial charge is 0.508 e. The molecule has 0 fully saturated rings. The van der Waals surface area contributed by atoms with Gasteiger partial charge in [0.05, 0.1) is 0 Å². The smallest absolute Gasteiger partial charge is 0.115 e. The third-order valence-electron chi connectivity index (χ3n) is 4.63. The SMILES string of the molecule is CC1(C)C[C@@](C)(c2ccc(O)cc2)c2cc(O)ccc21. The Balaban J connectivity index is 2.21. The van der Waals surface area contributed by atoms with Crippen molar-refractivity contribution >= 4 is 0 Å². The Morgan fingerprint density at radius 1 is 0.800 bits per heavy atom. The Hall–Kier alpha value is -1.96. The predicted octanol–water partition coefficient (Wildman–Crippen LogP) is 4.09. The van der Waals surface area contributed by atoms with E-state index in [4.69, 9.17) is 0 Å². The van der Waals surface area contributed by atoms with Gasteiger partial charge < -0.3 is 10.2 Å². The summed E-state index contributed by atoms with van der Waals surface area (Å²) in [6.07, 6.45) is 0.990. The van der Waals surface area contributed by atoms with Crippen molar-refractivity contribution < 1.29 is 10.2 Å². The van der Waals surface area contributed by atoms with Gasteiger partial charge >= 0.3 is 0 Å². The van der Waals surface area contributed by atoms with Crippen LogP contribution in [-0.4, -0.2) is 10.2 Å². The normalized spacial score (nSPS) is 23.6. The lowest BCUT2D eigenvalue weighted by atomic mass is 9.75. The zero-order chi connectivity index (χ0) is 14.5. The van der Waals surface area contributed by atoms with E-state index in [0.29, 0.717) is 5.75 Å². The van der Waals surface area contributed by atoms with E-state index in [1.54, 1.807) is 18.2 Å². The van der Waals surface area contributed by atoms with E-state index in [2.05, 4.69) is 20.8 Å². The van der Waals surface area contributed by atoms with Crippen LogP contribution in [0.25, 0.3) is 0 Å². The summed E-state index contributed by atoms with van der Waals surface area (Å²) >= 11 is 0. The zero-order valence-electron chi connectivity index (χ0n) is 12.1. The van der Waals surface area contributed by atoms with E-state index in [0.717, 1.165) is 6.42 Å². The molecule has 0 amide bonds. The lowest BCUT2D eigenvalue weighted by Crippen LogP contribution is -2.23. The average Bonchev–Trinajstić information content (AvgIpc) is 2.58. The third kappa shape index (κ3) is 1.79. The van der Waals surface area contributed by atoms with Gasteiger partial charge in [0.1, 0.15) is 11.5 Å². The number of phenols is 2. The van der Waals surface area contributed by atoms with Gasteiger partial charge in [-0.1, -0.05) is 39.0 Å². The zero-order valence-corrected chi connectivity index (χ0v) is 12.1. The van der Waals surface area contributed by atoms with E-state index < -0.39 is 0 Å². The highest BCUT2D eigenvalue weighted by Gasteiger charge is 2.45. The van der Waals surface area contributed by atoms with Gasteiger partial charge in [0, 0.05) is 5.41 Å². The molecule has 2 nitrogen and oxygen atoms in total. The number of benzene rings is 2. The van der Waals surface area contributed by atoms with Gasteiger partial charge in [-0.2, -0.15) is 0 Å². The second kappa shape index (κ2) is 4.02. The molecule has 0 radical (unpaired) electrons. The average molecular weight is 268 g/mol. The number of phenolic OH excluding ortho intramolecular Hbond substituents is 2. The second-order valence-electron chi connectivity index (χ2n) is 6.67. The Morgan fingerprint density at radius 2 is 1.40 bits per heavy atom. The van der Waals surface area contributed by atoms with Gasteiger partial charge in [0.25, 0.3) is 0 Å². The van der Waals surface area contributed by atoms with Crippen molar-refractivity contribution in [1.29, 1.82) is 0 Å². The number of rotatable bonds is 1. The van der Waals surface area contributed by atoms with Crippen molar-refractivity contribution in [3.05, 3.63) is 59.2 Å². The monoisotopic (exact) mass is 268 g/mol. The summed E-state index contributed by atoms with van der Waals surface area (Å²) in [6.45, 7) is 6.70. The van der Waals surface area contributed by atoms with Gasteiger partial charge in [0.2, 0.25) is 0 Å². The summed E-state index contributed by atoms with van der Waals surface area (Å²) in [4.78, 5) is 0. The summed E-state index contributed by atoms with van der Waals surface area (Å²) in [5.74, 6) is 0.595. The maximum Gasteiger partial charge on any atom is 0.115 e. The first-order valence-electron chi connectivity index (χ1n) is 6.96. The van der Waals surface area contributed by atoms with E-state index in [9.17, 15) is 10.2 Å². The molecule has 3 rings (SSSR count). The molecule has 0 spiro atoms. The summed E-state index contributed by atoms with van der Waals surface area (Å²) in [5, 5.41) is 19.3. The van der Waals surface area contributed by atoms with E-state index in [1.165, 1.54) is 16.7 Å². The number of hydrogen-bond acceptors (Lipinski definition) is 2. The highest BCUT2D eigenvalue weighted by Crippen LogP contribution is 2.53. The lowest BCUT2D eigenvalue weighted by Gasteiger charge is -2.28. The van der Waals surface area contributed by atoms with Crippen LogP contribution in [-0.2, 0) is 10.8 Å². The first-order valence-corrected chi connectivity index (χ1v) is 6.96. The van der Waals surface area contributed by atoms with Crippen LogP contribution in [0, 0.1) is 0 Å². The molecule has 0 aromatic heterocycles. The predicted molar refractivity (Wildman–Crippen MR) is 80.3 cm³/mol. The van der Waals surface area contributed by atoms with Crippen LogP contribution in [0.1, 0.15) is 43.9 Å². The standard InChI is InChI=1S/C18H20O2/c1-17(2)11-18(3,12-4-6-13(19)7-5-12)16-10-14(20)8-9-15(16)17/h4-10,19-20H,11H2,1-3H3/t18-/m0/s1. The minimum Gasteiger partial charge on any atom is -0.508 e. The Kier molecular flexibility index (Phi) is 2.62. The molecule has 2 heteroatoms. The van der Waals surface area contributed by atoms with Crippen LogP contribution in [0.4, 0.5) is 0 Å². The molecule has 0 saturated carbocycles. The highest BCUT2D eigenvalue weighted by molar-refractivity contribution is 5.54. The molecule has 20 heavy (non-hydrogen) atoms. The van der Waals surface area contributed by atoms with E-state index in [1.807, 2.05) is 24.3 Å². The second-order valence-corrected chi connectivity index (χ2v) is 6.67. The third-order valence-corrected chi connectivity index (χ3v) is 4.63. The highest BCUT2D eigenvalue weighted by atomic mass is 16.3. The van der Waals surface area contributed by atoms with Crippen LogP contribution in [0.5, 0.6) is 11.5 Å². The minimum absolute atomic E-state index is 0.0790. The molecule has 0 saturated heterocycles. The van der Waals surface area contributed by atoms with Crippen molar-refractivity contribution in [2.45, 2.75) is 38.0 Å². The number of fused-ring (bicyclic) bond motifs is 1. The van der Waals surface area contributed by atoms with Gasteiger partial charge in [-0.05, 0) is 52.8 Å². The van der Waals surface area contributed by atoms with Crippen molar-refractivity contribution in [2.24, 2.45) is 0 Å². The van der Waals surface area contributed by atoms with Crippen LogP contribution < -0.4 is 0 Å². The van der Waals surface area contributed by atoms with Crippen LogP contribution in [0.15, 0.2) is 42.5 Å². The van der Waals surface area contributed by atoms with Crippen LogP contribution >= 0.6 is 0 Å². The van der Waals surface area contributed by atoms with Crippen molar-refractivity contribution in [1.82, 2.24) is 0 Å². The minimum atomic E-state index is -0.134. The molecular weight excluding hydrogens is 248 g/mol. The summed E-state index contributed by atoms with van der Waals surface area (Å²) in [5.41, 5.74) is 3.60. The molecule has 0 aliphatic heterocycles. The molecular formula is C18H20O2. The van der Waals surface area contributed by atoms with Crippen molar-refractivity contribution in [3.63, 3.8) is 0 Å². The van der Waals surface area contributed by atoms with Gasteiger partial charge in [-0.15, -0.1) is 0 Å². The van der Waals surface area contributed by atoms with Crippen molar-refractivity contribution in [2.75, 3.05) is 0 Å². The molecule has 1 aliphatic rings. The molecule has 104 valence electrons. The molecule has 1 aliphatic carbocycles. The van der Waals surface area contributed by atoms with E-state index in [-0.39, 0.29) is 16.6 Å². The summed E-state index contributed by atoms with van der Waals surface area (Å²) in [7, 11) is 0. The molecule has 1 atom stereocenters. The lowest BCUT2D eigenvalue weighted by molar-refractivity contribution is 0.423. The maximum atomic E-state index is 9.85. The first-order chi connectivity index (χ1) is 9.33. The molecule has 0 bridgehead atoms. The van der Waals surface area contributed by atoms with Gasteiger partial charge in [0.15, 0.2) is 0 Å². The van der Waals surface area contributed by atoms with Gasteiger partial charge in [-0.3, -0.25) is 0 Å². The maximum absolute atomic E-state index is 9.85. The quantitative estimate of drug-likeness (QED) is 0.818. The fraction of sp³-hybridized carbons (Fsp3) is 0.333. The summed E-state index contributed by atoms with van der Waals surface area (Å²) < 4.78 is 0. The fourth-order valence-corrected chi connectivity index (χ4v) is 3.74. The summed E-state index contributed by atoms with van der Waals surface area (Å²) in [6, 6.07) is 13.1. The van der Waals surface area contributed by atoms with Crippen LogP contribution in [0.3, 0.4) is 0 Å². The Morgan fingerprint density at radius 3 is 2.05 bits per heavy atom. The molecule has 2 aromatic rings. The fourth-order valence-electron chi connectivity index (χ4n) is 3.74. The van der Waals surface area contributed by atoms with Gasteiger partial charge in [-0.25, -0.2) is 0 Å². The molecule has 2 N–H and O–H groups in total. The topological polar surface area (TPSA) is 40.5 Å². The van der Waals surface area contributed by atoms with Crippen molar-refractivity contribution in [3.8, 4) is 11.5 Å². The molecule has 0 heterocycles. The Labute approximate surface area is 119 Å². The Bertz CT molecular complexity index is 656. The number of hydrogen-bond donors (Lipinski definition) is 2.